The molecule has 88 valence electrons. The Morgan fingerprint density at radius 3 is 2.94 bits per heavy atom. The van der Waals surface area contributed by atoms with Crippen LogP contribution in [-0.4, -0.2) is 12.6 Å². The van der Waals surface area contributed by atoms with Gasteiger partial charge in [0.1, 0.15) is 0 Å². The van der Waals surface area contributed by atoms with Crippen molar-refractivity contribution in [3.63, 3.8) is 0 Å². The van der Waals surface area contributed by atoms with Gasteiger partial charge in [0.25, 0.3) is 0 Å². The van der Waals surface area contributed by atoms with Crippen LogP contribution in [0.25, 0.3) is 0 Å². The highest BCUT2D eigenvalue weighted by Gasteiger charge is 2.14. The standard InChI is InChI=1S/C13H17Cl2N/c14-12-7-4-5-10(13(12)15)9-11-6-2-1-3-8-16-11/h4-5,7,11,16H,1-3,6,8-9H2. The van der Waals surface area contributed by atoms with Crippen LogP contribution < -0.4 is 5.32 Å². The van der Waals surface area contributed by atoms with E-state index in [0.717, 1.165) is 23.6 Å². The van der Waals surface area contributed by atoms with Gasteiger partial charge in [0.2, 0.25) is 0 Å². The van der Waals surface area contributed by atoms with Crippen molar-refractivity contribution in [1.29, 1.82) is 0 Å². The van der Waals surface area contributed by atoms with Crippen LogP contribution in [0.1, 0.15) is 31.2 Å². The van der Waals surface area contributed by atoms with Crippen LogP contribution in [0, 0.1) is 0 Å². The van der Waals surface area contributed by atoms with Crippen LogP contribution in [-0.2, 0) is 6.42 Å². The third-order valence-electron chi connectivity index (χ3n) is 3.16. The molecule has 0 bridgehead atoms. The van der Waals surface area contributed by atoms with Gasteiger partial charge in [-0.2, -0.15) is 0 Å². The normalized spacial score (nSPS) is 21.8. The quantitative estimate of drug-likeness (QED) is 0.843. The molecule has 0 saturated carbocycles. The van der Waals surface area contributed by atoms with E-state index in [4.69, 9.17) is 23.2 Å². The Bertz CT molecular complexity index is 344. The van der Waals surface area contributed by atoms with Crippen LogP contribution >= 0.6 is 23.2 Å². The highest BCUT2D eigenvalue weighted by atomic mass is 35.5. The molecule has 1 aromatic rings. The third kappa shape index (κ3) is 3.13. The first-order valence-corrected chi connectivity index (χ1v) is 6.69. The molecule has 0 aromatic heterocycles. The first-order valence-electron chi connectivity index (χ1n) is 5.93. The lowest BCUT2D eigenvalue weighted by molar-refractivity contribution is 0.507. The molecule has 2 rings (SSSR count). The summed E-state index contributed by atoms with van der Waals surface area (Å²) < 4.78 is 0. The zero-order chi connectivity index (χ0) is 11.4. The number of hydrogen-bond donors (Lipinski definition) is 1. The van der Waals surface area contributed by atoms with Crippen LogP contribution in [0.5, 0.6) is 0 Å². The van der Waals surface area contributed by atoms with E-state index in [1.54, 1.807) is 0 Å². The third-order valence-corrected chi connectivity index (χ3v) is 4.02. The average molecular weight is 258 g/mol. The SMILES string of the molecule is Clc1cccc(CC2CCCCCN2)c1Cl. The monoisotopic (exact) mass is 257 g/mol. The fourth-order valence-corrected chi connectivity index (χ4v) is 2.64. The minimum absolute atomic E-state index is 0.554. The van der Waals surface area contributed by atoms with Crippen LogP contribution in [0.2, 0.25) is 10.0 Å². The van der Waals surface area contributed by atoms with Crippen molar-refractivity contribution >= 4 is 23.2 Å². The van der Waals surface area contributed by atoms with Gasteiger partial charge >= 0.3 is 0 Å². The molecule has 1 aliphatic heterocycles. The Morgan fingerprint density at radius 2 is 2.06 bits per heavy atom. The van der Waals surface area contributed by atoms with Crippen LogP contribution in [0.3, 0.4) is 0 Å². The van der Waals surface area contributed by atoms with Gasteiger partial charge in [-0.25, -0.2) is 0 Å². The van der Waals surface area contributed by atoms with E-state index in [9.17, 15) is 0 Å². The highest BCUT2D eigenvalue weighted by molar-refractivity contribution is 6.42. The number of halogens is 2. The van der Waals surface area contributed by atoms with Crippen molar-refractivity contribution in [1.82, 2.24) is 5.32 Å². The molecule has 1 nitrogen and oxygen atoms in total. The Balaban J connectivity index is 2.04. The maximum atomic E-state index is 6.19. The lowest BCUT2D eigenvalue weighted by Gasteiger charge is -2.16. The van der Waals surface area contributed by atoms with Gasteiger partial charge in [0.05, 0.1) is 10.0 Å². The first-order chi connectivity index (χ1) is 7.77. The predicted molar refractivity (Wildman–Crippen MR) is 70.4 cm³/mol. The zero-order valence-corrected chi connectivity index (χ0v) is 10.8. The molecule has 3 heteroatoms. The molecular weight excluding hydrogens is 241 g/mol. The van der Waals surface area contributed by atoms with Crippen LogP contribution in [0.15, 0.2) is 18.2 Å². The van der Waals surface area contributed by atoms with Crippen molar-refractivity contribution in [2.75, 3.05) is 6.54 Å². The van der Waals surface area contributed by atoms with E-state index in [1.165, 1.54) is 25.7 Å². The second-order valence-electron chi connectivity index (χ2n) is 4.42. The van der Waals surface area contributed by atoms with Crippen molar-refractivity contribution in [2.45, 2.75) is 38.1 Å². The molecule has 0 aliphatic carbocycles. The summed E-state index contributed by atoms with van der Waals surface area (Å²) in [4.78, 5) is 0. The van der Waals surface area contributed by atoms with E-state index >= 15 is 0 Å². The Labute approximate surface area is 107 Å². The minimum Gasteiger partial charge on any atom is -0.314 e. The Kier molecular flexibility index (Phi) is 4.51. The summed E-state index contributed by atoms with van der Waals surface area (Å²) in [7, 11) is 0. The molecule has 16 heavy (non-hydrogen) atoms. The maximum Gasteiger partial charge on any atom is 0.0624 e. The molecule has 1 N–H and O–H groups in total. The first kappa shape index (κ1) is 12.2. The second-order valence-corrected chi connectivity index (χ2v) is 5.20. The molecule has 1 saturated heterocycles. The minimum atomic E-state index is 0.554. The van der Waals surface area contributed by atoms with Crippen molar-refractivity contribution in [3.8, 4) is 0 Å². The number of benzene rings is 1. The molecule has 1 aliphatic rings. The molecule has 1 fully saturated rings. The van der Waals surface area contributed by atoms with Gasteiger partial charge in [-0.15, -0.1) is 0 Å². The fraction of sp³-hybridized carbons (Fsp3) is 0.538. The van der Waals surface area contributed by atoms with E-state index in [1.807, 2.05) is 12.1 Å². The summed E-state index contributed by atoms with van der Waals surface area (Å²) in [6, 6.07) is 6.44. The van der Waals surface area contributed by atoms with Crippen molar-refractivity contribution in [3.05, 3.63) is 33.8 Å². The van der Waals surface area contributed by atoms with Gasteiger partial charge in [0, 0.05) is 6.04 Å². The fourth-order valence-electron chi connectivity index (χ4n) is 2.25. The number of nitrogens with one attached hydrogen (secondary N) is 1. The molecule has 1 heterocycles. The summed E-state index contributed by atoms with van der Waals surface area (Å²) >= 11 is 12.2. The molecular formula is C13H17Cl2N. The van der Waals surface area contributed by atoms with Gasteiger partial charge in [-0.3, -0.25) is 0 Å². The Morgan fingerprint density at radius 1 is 1.19 bits per heavy atom. The molecule has 1 unspecified atom stereocenters. The smallest absolute Gasteiger partial charge is 0.0624 e. The van der Waals surface area contributed by atoms with E-state index in [2.05, 4.69) is 11.4 Å². The summed E-state index contributed by atoms with van der Waals surface area (Å²) in [6.07, 6.45) is 6.17. The molecule has 0 amide bonds. The lowest BCUT2D eigenvalue weighted by Crippen LogP contribution is -2.30. The average Bonchev–Trinajstić information content (AvgIpc) is 2.53. The molecule has 0 radical (unpaired) electrons. The molecule has 1 atom stereocenters. The van der Waals surface area contributed by atoms with Crippen LogP contribution in [0.4, 0.5) is 0 Å². The number of hydrogen-bond acceptors (Lipinski definition) is 1. The molecule has 1 aromatic carbocycles. The zero-order valence-electron chi connectivity index (χ0n) is 9.31. The van der Waals surface area contributed by atoms with Gasteiger partial charge in [-0.1, -0.05) is 48.2 Å². The predicted octanol–water partition coefficient (Wildman–Crippen LogP) is 4.07. The van der Waals surface area contributed by atoms with Crippen molar-refractivity contribution in [2.24, 2.45) is 0 Å². The largest absolute Gasteiger partial charge is 0.314 e. The van der Waals surface area contributed by atoms with E-state index in [-0.39, 0.29) is 0 Å². The molecule has 0 spiro atoms. The topological polar surface area (TPSA) is 12.0 Å². The maximum absolute atomic E-state index is 6.19. The lowest BCUT2D eigenvalue weighted by atomic mass is 10.0. The number of rotatable bonds is 2. The second kappa shape index (κ2) is 5.90. The van der Waals surface area contributed by atoms with Crippen molar-refractivity contribution < 1.29 is 0 Å². The highest BCUT2D eigenvalue weighted by Crippen LogP contribution is 2.27. The Hall–Kier alpha value is -0.240. The van der Waals surface area contributed by atoms with E-state index < -0.39 is 0 Å². The summed E-state index contributed by atoms with van der Waals surface area (Å²) in [5.74, 6) is 0. The summed E-state index contributed by atoms with van der Waals surface area (Å²) in [5, 5.41) is 4.95. The van der Waals surface area contributed by atoms with Gasteiger partial charge in [-0.05, 0) is 37.4 Å². The van der Waals surface area contributed by atoms with Gasteiger partial charge in [0.15, 0.2) is 0 Å². The van der Waals surface area contributed by atoms with E-state index in [0.29, 0.717) is 11.1 Å². The summed E-state index contributed by atoms with van der Waals surface area (Å²) in [5.41, 5.74) is 1.16. The summed E-state index contributed by atoms with van der Waals surface area (Å²) in [6.45, 7) is 1.13. The van der Waals surface area contributed by atoms with Gasteiger partial charge < -0.3 is 5.32 Å².